The molecule has 23 heavy (non-hydrogen) atoms. The Kier molecular flexibility index (Phi) is 7.25. The Labute approximate surface area is 138 Å². The van der Waals surface area contributed by atoms with E-state index in [1.807, 2.05) is 0 Å². The molecular formula is C17H25F2NO2S. The van der Waals surface area contributed by atoms with E-state index in [1.54, 1.807) is 32.4 Å². The number of hydrogen-bond acceptors (Lipinski definition) is 3. The average Bonchev–Trinajstić information content (AvgIpc) is 2.50. The first-order valence-corrected chi connectivity index (χ1v) is 9.86. The van der Waals surface area contributed by atoms with Gasteiger partial charge in [0.15, 0.2) is 0 Å². The van der Waals surface area contributed by atoms with Crippen molar-refractivity contribution in [2.45, 2.75) is 26.0 Å². The van der Waals surface area contributed by atoms with Crippen LogP contribution in [0.15, 0.2) is 58.1 Å². The van der Waals surface area contributed by atoms with Crippen LogP contribution in [0.25, 0.3) is 0 Å². The molecule has 3 nitrogen and oxygen atoms in total. The van der Waals surface area contributed by atoms with Crippen LogP contribution in [0.4, 0.5) is 8.78 Å². The van der Waals surface area contributed by atoms with Gasteiger partial charge in [-0.25, -0.2) is 18.8 Å². The summed E-state index contributed by atoms with van der Waals surface area (Å²) in [5.74, 6) is -0.969. The Bertz CT molecular complexity index is 577. The first-order chi connectivity index (χ1) is 10.6. The van der Waals surface area contributed by atoms with Gasteiger partial charge in [-0.05, 0) is 49.3 Å². The Balaban J connectivity index is 2.76. The topological polar surface area (TPSA) is 52.5 Å². The second-order valence-corrected chi connectivity index (χ2v) is 9.28. The number of hydrogen-bond donors (Lipinski definition) is 3. The zero-order valence-corrected chi connectivity index (χ0v) is 14.7. The lowest BCUT2D eigenvalue weighted by atomic mass is 10.1. The maximum atomic E-state index is 14.2. The summed E-state index contributed by atoms with van der Waals surface area (Å²) >= 11 is 0. The first kappa shape index (κ1) is 19.7. The summed E-state index contributed by atoms with van der Waals surface area (Å²) in [6.07, 6.45) is 8.36. The van der Waals surface area contributed by atoms with Crippen molar-refractivity contribution in [2.75, 3.05) is 19.1 Å². The van der Waals surface area contributed by atoms with Crippen molar-refractivity contribution in [2.24, 2.45) is 0 Å². The van der Waals surface area contributed by atoms with Crippen LogP contribution in [0.2, 0.25) is 0 Å². The minimum Gasteiger partial charge on any atom is -0.511 e. The molecule has 3 N–H and O–H groups in total. The molecule has 0 aromatic carbocycles. The van der Waals surface area contributed by atoms with Crippen LogP contribution < -0.4 is 5.32 Å². The van der Waals surface area contributed by atoms with Crippen molar-refractivity contribution in [3.05, 3.63) is 58.1 Å². The molecule has 0 amide bonds. The van der Waals surface area contributed by atoms with Crippen LogP contribution in [0.3, 0.4) is 0 Å². The van der Waals surface area contributed by atoms with Gasteiger partial charge in [-0.1, -0.05) is 12.2 Å². The van der Waals surface area contributed by atoms with E-state index >= 15 is 0 Å². The molecule has 1 rings (SSSR count). The molecule has 6 heteroatoms. The van der Waals surface area contributed by atoms with Gasteiger partial charge in [0, 0.05) is 12.1 Å². The number of rotatable bonds is 6. The number of aliphatic hydroxyl groups is 2. The molecule has 0 spiro atoms. The highest BCUT2D eigenvalue weighted by molar-refractivity contribution is 8.37. The summed E-state index contributed by atoms with van der Waals surface area (Å²) in [6.45, 7) is 3.50. The SMILES string of the molecule is CC=CC(O)/C=C(\O)C(C)NCC1=CC(F)=CS(C)(C)C=C1F. The Morgan fingerprint density at radius 1 is 1.35 bits per heavy atom. The lowest BCUT2D eigenvalue weighted by molar-refractivity contribution is 0.257. The van der Waals surface area contributed by atoms with E-state index in [1.165, 1.54) is 29.0 Å². The molecule has 0 aliphatic carbocycles. The van der Waals surface area contributed by atoms with Crippen LogP contribution in [-0.2, 0) is 0 Å². The van der Waals surface area contributed by atoms with Gasteiger partial charge in [-0.15, -0.1) is 0 Å². The molecule has 0 saturated carbocycles. The fraction of sp³-hybridized carbons (Fsp3) is 0.412. The van der Waals surface area contributed by atoms with E-state index in [-0.39, 0.29) is 17.9 Å². The Hall–Kier alpha value is -1.37. The van der Waals surface area contributed by atoms with E-state index in [0.717, 1.165) is 0 Å². The van der Waals surface area contributed by atoms with Crippen molar-refractivity contribution in [1.29, 1.82) is 0 Å². The molecule has 2 atom stereocenters. The lowest BCUT2D eigenvalue weighted by Crippen LogP contribution is -2.30. The summed E-state index contributed by atoms with van der Waals surface area (Å²) in [5, 5.41) is 25.3. The number of aliphatic hydroxyl groups excluding tert-OH is 2. The van der Waals surface area contributed by atoms with Crippen molar-refractivity contribution in [3.8, 4) is 0 Å². The standard InChI is InChI=1S/C17H25F2NO2S/c1-5-6-15(21)8-17(22)12(2)20-9-13-7-14(18)10-23(3,4)11-16(13)19/h5-8,10-12,15,20-22H,9H2,1-4H3/b6-5?,17-8-. The monoisotopic (exact) mass is 345 g/mol. The molecule has 1 aliphatic heterocycles. The third kappa shape index (κ3) is 6.72. The van der Waals surface area contributed by atoms with Crippen LogP contribution in [0.1, 0.15) is 13.8 Å². The van der Waals surface area contributed by atoms with Gasteiger partial charge >= 0.3 is 0 Å². The maximum absolute atomic E-state index is 14.2. The molecule has 130 valence electrons. The maximum Gasteiger partial charge on any atom is 0.132 e. The quantitative estimate of drug-likeness (QED) is 0.504. The molecule has 1 heterocycles. The highest BCUT2D eigenvalue weighted by Gasteiger charge is 2.18. The highest BCUT2D eigenvalue weighted by atomic mass is 32.3. The fourth-order valence-corrected chi connectivity index (χ4v) is 3.41. The minimum atomic E-state index is -1.58. The third-order valence-corrected chi connectivity index (χ3v) is 4.86. The Morgan fingerprint density at radius 3 is 2.61 bits per heavy atom. The fourth-order valence-electron chi connectivity index (χ4n) is 2.01. The predicted molar refractivity (Wildman–Crippen MR) is 94.9 cm³/mol. The normalized spacial score (nSPS) is 22.7. The van der Waals surface area contributed by atoms with Crippen LogP contribution in [0, 0.1) is 0 Å². The van der Waals surface area contributed by atoms with Crippen molar-refractivity contribution in [3.63, 3.8) is 0 Å². The molecule has 0 saturated heterocycles. The highest BCUT2D eigenvalue weighted by Crippen LogP contribution is 2.48. The zero-order chi connectivity index (χ0) is 17.6. The number of halogens is 2. The molecule has 0 fully saturated rings. The van der Waals surface area contributed by atoms with Crippen molar-refractivity contribution >= 4 is 10.0 Å². The minimum absolute atomic E-state index is 0.0591. The molecule has 0 bridgehead atoms. The summed E-state index contributed by atoms with van der Waals surface area (Å²) in [5.41, 5.74) is 0.200. The molecule has 1 aliphatic rings. The average molecular weight is 345 g/mol. The second kappa shape index (κ2) is 8.47. The van der Waals surface area contributed by atoms with Crippen molar-refractivity contribution in [1.82, 2.24) is 5.32 Å². The Morgan fingerprint density at radius 2 is 2.00 bits per heavy atom. The second-order valence-electron chi connectivity index (χ2n) is 5.84. The zero-order valence-electron chi connectivity index (χ0n) is 13.9. The number of allylic oxidation sites excluding steroid dienone is 3. The summed E-state index contributed by atoms with van der Waals surface area (Å²) < 4.78 is 28.0. The largest absolute Gasteiger partial charge is 0.511 e. The van der Waals surface area contributed by atoms with Crippen LogP contribution in [0.5, 0.6) is 0 Å². The van der Waals surface area contributed by atoms with Gasteiger partial charge in [0.2, 0.25) is 0 Å². The van der Waals surface area contributed by atoms with E-state index in [2.05, 4.69) is 5.32 Å². The summed E-state index contributed by atoms with van der Waals surface area (Å²) in [4.78, 5) is 0. The summed E-state index contributed by atoms with van der Waals surface area (Å²) in [6, 6.07) is -0.501. The first-order valence-electron chi connectivity index (χ1n) is 7.28. The van der Waals surface area contributed by atoms with E-state index < -0.39 is 33.8 Å². The van der Waals surface area contributed by atoms with Gasteiger partial charge in [0.25, 0.3) is 0 Å². The molecule has 0 radical (unpaired) electrons. The van der Waals surface area contributed by atoms with Gasteiger partial charge in [-0.3, -0.25) is 0 Å². The van der Waals surface area contributed by atoms with Crippen molar-refractivity contribution < 1.29 is 19.0 Å². The summed E-state index contributed by atoms with van der Waals surface area (Å²) in [7, 11) is -1.58. The van der Waals surface area contributed by atoms with Gasteiger partial charge in [0.1, 0.15) is 17.4 Å². The molecule has 2 unspecified atom stereocenters. The molecule has 0 aromatic rings. The predicted octanol–water partition coefficient (Wildman–Crippen LogP) is 3.97. The smallest absolute Gasteiger partial charge is 0.132 e. The lowest BCUT2D eigenvalue weighted by Gasteiger charge is -2.21. The van der Waals surface area contributed by atoms with Gasteiger partial charge in [-0.2, -0.15) is 0 Å². The van der Waals surface area contributed by atoms with E-state index in [4.69, 9.17) is 0 Å². The van der Waals surface area contributed by atoms with E-state index in [0.29, 0.717) is 0 Å². The van der Waals surface area contributed by atoms with Crippen LogP contribution >= 0.6 is 10.0 Å². The molecular weight excluding hydrogens is 320 g/mol. The van der Waals surface area contributed by atoms with E-state index in [9.17, 15) is 19.0 Å². The molecule has 0 aromatic heterocycles. The third-order valence-electron chi connectivity index (χ3n) is 3.22. The van der Waals surface area contributed by atoms with Gasteiger partial charge < -0.3 is 15.5 Å². The number of nitrogens with one attached hydrogen (secondary N) is 1. The van der Waals surface area contributed by atoms with Crippen LogP contribution in [-0.4, -0.2) is 41.4 Å². The van der Waals surface area contributed by atoms with Gasteiger partial charge in [0.05, 0.1) is 12.1 Å².